The Hall–Kier alpha value is -0.260. The monoisotopic (exact) mass is 168 g/mol. The lowest BCUT2D eigenvalue weighted by Crippen LogP contribution is -1.92. The molecule has 0 bridgehead atoms. The molecular weight excluding hydrogens is 144 g/mol. The van der Waals surface area contributed by atoms with Gasteiger partial charge in [0.25, 0.3) is 0 Å². The van der Waals surface area contributed by atoms with Crippen molar-refractivity contribution in [1.29, 1.82) is 0 Å². The molecule has 0 radical (unpaired) electrons. The van der Waals surface area contributed by atoms with Gasteiger partial charge in [0.15, 0.2) is 0 Å². The van der Waals surface area contributed by atoms with Gasteiger partial charge in [-0.1, -0.05) is 58.4 Å². The molecule has 0 saturated heterocycles. The van der Waals surface area contributed by atoms with E-state index in [1.165, 1.54) is 44.9 Å². The summed E-state index contributed by atoms with van der Waals surface area (Å²) in [5, 5.41) is 0. The predicted octanol–water partition coefficient (Wildman–Crippen LogP) is 4.56. The minimum atomic E-state index is 0.851. The van der Waals surface area contributed by atoms with E-state index < -0.39 is 0 Å². The Labute approximate surface area is 78.1 Å². The van der Waals surface area contributed by atoms with E-state index in [2.05, 4.69) is 20.4 Å². The Balaban J connectivity index is 3.02. The highest BCUT2D eigenvalue weighted by Crippen LogP contribution is 2.14. The number of unbranched alkanes of at least 4 members (excludes halogenated alkanes) is 4. The van der Waals surface area contributed by atoms with Crippen LogP contribution in [0.1, 0.15) is 58.8 Å². The molecule has 0 saturated carbocycles. The second kappa shape index (κ2) is 8.83. The predicted molar refractivity (Wildman–Crippen MR) is 57.4 cm³/mol. The molecule has 0 amide bonds. The number of rotatable bonds is 8. The van der Waals surface area contributed by atoms with Crippen molar-refractivity contribution in [2.24, 2.45) is 5.92 Å². The van der Waals surface area contributed by atoms with Gasteiger partial charge in [-0.15, -0.1) is 6.58 Å². The Bertz CT molecular complexity index is 94.2. The Morgan fingerprint density at radius 1 is 1.17 bits per heavy atom. The Morgan fingerprint density at radius 3 is 2.42 bits per heavy atom. The van der Waals surface area contributed by atoms with Gasteiger partial charge in [-0.3, -0.25) is 0 Å². The van der Waals surface area contributed by atoms with Gasteiger partial charge in [-0.25, -0.2) is 0 Å². The molecule has 0 aromatic heterocycles. The summed E-state index contributed by atoms with van der Waals surface area (Å²) in [6.45, 7) is 8.34. The van der Waals surface area contributed by atoms with E-state index in [4.69, 9.17) is 0 Å². The van der Waals surface area contributed by atoms with Gasteiger partial charge in [0, 0.05) is 0 Å². The summed E-state index contributed by atoms with van der Waals surface area (Å²) in [6.07, 6.45) is 11.6. The van der Waals surface area contributed by atoms with E-state index in [0.717, 1.165) is 5.92 Å². The quantitative estimate of drug-likeness (QED) is 0.368. The van der Waals surface area contributed by atoms with Crippen LogP contribution < -0.4 is 0 Å². The van der Waals surface area contributed by atoms with Crippen LogP contribution in [0.15, 0.2) is 12.7 Å². The fourth-order valence-electron chi connectivity index (χ4n) is 1.50. The third kappa shape index (κ3) is 7.84. The van der Waals surface area contributed by atoms with E-state index in [0.29, 0.717) is 0 Å². The molecule has 0 fully saturated rings. The fraction of sp³-hybridized carbons (Fsp3) is 0.833. The van der Waals surface area contributed by atoms with Crippen LogP contribution in [-0.4, -0.2) is 0 Å². The van der Waals surface area contributed by atoms with Crippen LogP contribution in [0.2, 0.25) is 0 Å². The number of hydrogen-bond donors (Lipinski definition) is 0. The molecule has 0 aliphatic rings. The van der Waals surface area contributed by atoms with E-state index in [1.807, 2.05) is 6.08 Å². The lowest BCUT2D eigenvalue weighted by atomic mass is 9.99. The summed E-state index contributed by atoms with van der Waals surface area (Å²) in [5.41, 5.74) is 0. The third-order valence-electron chi connectivity index (χ3n) is 2.37. The van der Waals surface area contributed by atoms with Crippen molar-refractivity contribution in [2.45, 2.75) is 58.8 Å². The van der Waals surface area contributed by atoms with Crippen molar-refractivity contribution in [1.82, 2.24) is 0 Å². The third-order valence-corrected chi connectivity index (χ3v) is 2.37. The molecule has 0 heterocycles. The average Bonchev–Trinajstić information content (AvgIpc) is 2.05. The zero-order chi connectivity index (χ0) is 9.23. The molecule has 0 nitrogen and oxygen atoms in total. The van der Waals surface area contributed by atoms with Crippen LogP contribution in [0, 0.1) is 5.92 Å². The largest absolute Gasteiger partial charge is 0.103 e. The second-order valence-corrected chi connectivity index (χ2v) is 3.83. The molecule has 1 atom stereocenters. The van der Waals surface area contributed by atoms with Gasteiger partial charge in [0.1, 0.15) is 0 Å². The van der Waals surface area contributed by atoms with Crippen molar-refractivity contribution in [3.05, 3.63) is 12.7 Å². The van der Waals surface area contributed by atoms with Gasteiger partial charge < -0.3 is 0 Å². The van der Waals surface area contributed by atoms with Crippen LogP contribution in [-0.2, 0) is 0 Å². The van der Waals surface area contributed by atoms with Gasteiger partial charge in [-0.2, -0.15) is 0 Å². The second-order valence-electron chi connectivity index (χ2n) is 3.83. The maximum atomic E-state index is 3.76. The first-order valence-electron chi connectivity index (χ1n) is 5.42. The van der Waals surface area contributed by atoms with Crippen molar-refractivity contribution < 1.29 is 0 Å². The molecule has 0 aromatic carbocycles. The average molecular weight is 168 g/mol. The van der Waals surface area contributed by atoms with Crippen LogP contribution >= 0.6 is 0 Å². The molecule has 0 rings (SSSR count). The molecule has 0 aliphatic carbocycles. The minimum absolute atomic E-state index is 0.851. The Kier molecular flexibility index (Phi) is 8.64. The van der Waals surface area contributed by atoms with Crippen LogP contribution in [0.25, 0.3) is 0 Å². The summed E-state index contributed by atoms with van der Waals surface area (Å²) in [6, 6.07) is 0. The van der Waals surface area contributed by atoms with E-state index >= 15 is 0 Å². The zero-order valence-corrected chi connectivity index (χ0v) is 8.81. The summed E-state index contributed by atoms with van der Waals surface area (Å²) < 4.78 is 0. The van der Waals surface area contributed by atoms with Gasteiger partial charge in [0.2, 0.25) is 0 Å². The minimum Gasteiger partial charge on any atom is -0.103 e. The molecule has 1 unspecified atom stereocenters. The molecule has 12 heavy (non-hydrogen) atoms. The number of hydrogen-bond acceptors (Lipinski definition) is 0. The van der Waals surface area contributed by atoms with Gasteiger partial charge in [0.05, 0.1) is 0 Å². The first-order valence-corrected chi connectivity index (χ1v) is 5.42. The first-order chi connectivity index (χ1) is 5.81. The van der Waals surface area contributed by atoms with Crippen LogP contribution in [0.4, 0.5) is 0 Å². The molecule has 72 valence electrons. The Morgan fingerprint density at radius 2 is 1.83 bits per heavy atom. The van der Waals surface area contributed by atoms with E-state index in [-0.39, 0.29) is 0 Å². The summed E-state index contributed by atoms with van der Waals surface area (Å²) in [4.78, 5) is 0. The normalized spacial score (nSPS) is 12.8. The lowest BCUT2D eigenvalue weighted by molar-refractivity contribution is 0.490. The van der Waals surface area contributed by atoms with Crippen molar-refractivity contribution in [3.63, 3.8) is 0 Å². The maximum Gasteiger partial charge on any atom is -0.0328 e. The van der Waals surface area contributed by atoms with E-state index in [9.17, 15) is 0 Å². The van der Waals surface area contributed by atoms with Crippen molar-refractivity contribution in [3.8, 4) is 0 Å². The van der Waals surface area contributed by atoms with Gasteiger partial charge >= 0.3 is 0 Å². The van der Waals surface area contributed by atoms with Gasteiger partial charge in [-0.05, 0) is 12.3 Å². The molecule has 0 aliphatic heterocycles. The molecule has 0 spiro atoms. The summed E-state index contributed by atoms with van der Waals surface area (Å²) >= 11 is 0. The highest BCUT2D eigenvalue weighted by atomic mass is 14.0. The zero-order valence-electron chi connectivity index (χ0n) is 8.81. The fourth-order valence-corrected chi connectivity index (χ4v) is 1.50. The highest BCUT2D eigenvalue weighted by Gasteiger charge is 1.98. The molecule has 0 N–H and O–H groups in total. The smallest absolute Gasteiger partial charge is 0.0328 e. The van der Waals surface area contributed by atoms with Crippen LogP contribution in [0.5, 0.6) is 0 Å². The molecular formula is C12H24. The van der Waals surface area contributed by atoms with E-state index in [1.54, 1.807) is 0 Å². The standard InChI is InChI=1S/C12H24/c1-4-6-7-8-9-11-12(3)10-5-2/h5,12H,2,4,6-11H2,1,3H3. The highest BCUT2D eigenvalue weighted by molar-refractivity contribution is 4.70. The van der Waals surface area contributed by atoms with Crippen molar-refractivity contribution >= 4 is 0 Å². The summed E-state index contributed by atoms with van der Waals surface area (Å²) in [7, 11) is 0. The molecule has 0 heteroatoms. The molecule has 0 aromatic rings. The summed E-state index contributed by atoms with van der Waals surface area (Å²) in [5.74, 6) is 0.851. The van der Waals surface area contributed by atoms with Crippen LogP contribution in [0.3, 0.4) is 0 Å². The topological polar surface area (TPSA) is 0 Å². The lowest BCUT2D eigenvalue weighted by Gasteiger charge is -2.07. The van der Waals surface area contributed by atoms with Crippen molar-refractivity contribution in [2.75, 3.05) is 0 Å². The first kappa shape index (κ1) is 11.7. The number of allylic oxidation sites excluding steroid dienone is 1. The maximum absolute atomic E-state index is 3.76. The SMILES string of the molecule is C=CCC(C)CCCCCCC.